The molecular weight excluding hydrogens is 323 g/mol. The van der Waals surface area contributed by atoms with Crippen LogP contribution in [0.2, 0.25) is 0 Å². The van der Waals surface area contributed by atoms with E-state index in [4.69, 9.17) is 0 Å². The number of rotatable bonds is 4. The van der Waals surface area contributed by atoms with Crippen LogP contribution in [0.1, 0.15) is 38.3 Å². The normalized spacial score (nSPS) is 26.8. The monoisotopic (exact) mass is 348 g/mol. The minimum absolute atomic E-state index is 0.122. The fraction of sp³-hybridized carbons (Fsp3) is 0.556. The highest BCUT2D eigenvalue weighted by Gasteiger charge is 2.39. The van der Waals surface area contributed by atoms with Crippen LogP contribution in [-0.2, 0) is 9.59 Å². The van der Waals surface area contributed by atoms with E-state index in [2.05, 4.69) is 30.0 Å². The molecule has 2 aliphatic rings. The van der Waals surface area contributed by atoms with Crippen LogP contribution >= 0.6 is 0 Å². The molecule has 2 fully saturated rings. The highest BCUT2D eigenvalue weighted by atomic mass is 19.1. The van der Waals surface area contributed by atoms with Crippen LogP contribution in [0.25, 0.3) is 0 Å². The maximum Gasteiger partial charge on any atom is 0.247 e. The first-order valence-electron chi connectivity index (χ1n) is 8.80. The first kappa shape index (κ1) is 17.8. The lowest BCUT2D eigenvalue weighted by Crippen LogP contribution is -2.56. The number of hydrazine groups is 1. The zero-order valence-corrected chi connectivity index (χ0v) is 14.6. The zero-order valence-electron chi connectivity index (χ0n) is 14.6. The van der Waals surface area contributed by atoms with Crippen LogP contribution in [0.5, 0.6) is 0 Å². The predicted molar refractivity (Wildman–Crippen MR) is 91.8 cm³/mol. The molecule has 6 nitrogen and oxygen atoms in total. The van der Waals surface area contributed by atoms with E-state index in [0.29, 0.717) is 31.0 Å². The first-order valence-corrected chi connectivity index (χ1v) is 8.80. The van der Waals surface area contributed by atoms with Gasteiger partial charge in [0.1, 0.15) is 17.9 Å². The van der Waals surface area contributed by atoms with Crippen LogP contribution in [0, 0.1) is 11.7 Å². The molecule has 7 heteroatoms. The number of carbonyl (C=O) groups excluding carboxylic acids is 2. The molecule has 136 valence electrons. The second kappa shape index (κ2) is 7.49. The minimum atomic E-state index is -0.789. The zero-order chi connectivity index (χ0) is 18.0. The van der Waals surface area contributed by atoms with Gasteiger partial charge in [0.2, 0.25) is 11.8 Å². The molecule has 0 radical (unpaired) electrons. The maximum absolute atomic E-state index is 13.6. The van der Waals surface area contributed by atoms with Crippen LogP contribution in [0.15, 0.2) is 24.3 Å². The van der Waals surface area contributed by atoms with E-state index in [1.807, 2.05) is 0 Å². The molecule has 3 unspecified atom stereocenters. The second-order valence-corrected chi connectivity index (χ2v) is 7.18. The van der Waals surface area contributed by atoms with Gasteiger partial charge in [-0.1, -0.05) is 26.0 Å². The summed E-state index contributed by atoms with van der Waals surface area (Å²) >= 11 is 0. The molecule has 3 rings (SSSR count). The molecule has 3 atom stereocenters. The van der Waals surface area contributed by atoms with Gasteiger partial charge < -0.3 is 10.2 Å². The second-order valence-electron chi connectivity index (χ2n) is 7.18. The Morgan fingerprint density at radius 1 is 1.36 bits per heavy atom. The third-order valence-corrected chi connectivity index (χ3v) is 4.70. The standard InChI is InChI=1S/C18H25FN4O2/c1-11(2)8-14-10-15(22-21-14)18(25)23-7-6-20-17(24)16(23)12-4-3-5-13(19)9-12/h3-5,9,11,14-16,21-22H,6-8,10H2,1-2H3,(H,20,24). The van der Waals surface area contributed by atoms with Gasteiger partial charge in [-0.25, -0.2) is 9.82 Å². The summed E-state index contributed by atoms with van der Waals surface area (Å²) < 4.78 is 13.6. The summed E-state index contributed by atoms with van der Waals surface area (Å²) in [5, 5.41) is 2.77. The van der Waals surface area contributed by atoms with Crippen molar-refractivity contribution in [3.05, 3.63) is 35.6 Å². The van der Waals surface area contributed by atoms with Gasteiger partial charge in [-0.05, 0) is 36.5 Å². The van der Waals surface area contributed by atoms with Crippen molar-refractivity contribution in [3.8, 4) is 0 Å². The Bertz CT molecular complexity index is 652. The fourth-order valence-electron chi connectivity index (χ4n) is 3.62. The van der Waals surface area contributed by atoms with Gasteiger partial charge in [0.15, 0.2) is 0 Å². The van der Waals surface area contributed by atoms with Gasteiger partial charge in [0, 0.05) is 19.1 Å². The summed E-state index contributed by atoms with van der Waals surface area (Å²) in [7, 11) is 0. The van der Waals surface area contributed by atoms with Crippen molar-refractivity contribution in [1.82, 2.24) is 21.1 Å². The number of nitrogens with zero attached hydrogens (tertiary/aromatic N) is 1. The van der Waals surface area contributed by atoms with E-state index in [1.54, 1.807) is 17.0 Å². The first-order chi connectivity index (χ1) is 12.0. The Labute approximate surface area is 147 Å². The van der Waals surface area contributed by atoms with E-state index >= 15 is 0 Å². The lowest BCUT2D eigenvalue weighted by molar-refractivity contribution is -0.144. The summed E-state index contributed by atoms with van der Waals surface area (Å²) in [4.78, 5) is 26.9. The van der Waals surface area contributed by atoms with Crippen molar-refractivity contribution in [2.24, 2.45) is 5.92 Å². The Balaban J connectivity index is 1.77. The van der Waals surface area contributed by atoms with Gasteiger partial charge in [-0.2, -0.15) is 0 Å². The molecule has 0 aliphatic carbocycles. The van der Waals surface area contributed by atoms with Crippen molar-refractivity contribution < 1.29 is 14.0 Å². The van der Waals surface area contributed by atoms with Crippen LogP contribution in [-0.4, -0.2) is 41.9 Å². The highest BCUT2D eigenvalue weighted by Crippen LogP contribution is 2.26. The van der Waals surface area contributed by atoms with E-state index in [-0.39, 0.29) is 23.9 Å². The number of amides is 2. The molecule has 2 aliphatic heterocycles. The van der Waals surface area contributed by atoms with Crippen molar-refractivity contribution in [3.63, 3.8) is 0 Å². The smallest absolute Gasteiger partial charge is 0.247 e. The number of piperazine rings is 1. The van der Waals surface area contributed by atoms with Crippen molar-refractivity contribution in [1.29, 1.82) is 0 Å². The molecule has 0 bridgehead atoms. The van der Waals surface area contributed by atoms with Gasteiger partial charge in [-0.3, -0.25) is 15.0 Å². The summed E-state index contributed by atoms with van der Waals surface area (Å²) in [6.07, 6.45) is 1.66. The average molecular weight is 348 g/mol. The Morgan fingerprint density at radius 3 is 2.88 bits per heavy atom. The predicted octanol–water partition coefficient (Wildman–Crippen LogP) is 1.11. The fourth-order valence-corrected chi connectivity index (χ4v) is 3.62. The van der Waals surface area contributed by atoms with Gasteiger partial charge in [0.05, 0.1) is 0 Å². The van der Waals surface area contributed by atoms with E-state index < -0.39 is 11.9 Å². The summed E-state index contributed by atoms with van der Waals surface area (Å²) in [5.41, 5.74) is 6.73. The maximum atomic E-state index is 13.6. The van der Waals surface area contributed by atoms with Crippen LogP contribution in [0.3, 0.4) is 0 Å². The Morgan fingerprint density at radius 2 is 2.16 bits per heavy atom. The molecule has 2 heterocycles. The number of nitrogens with one attached hydrogen (secondary N) is 3. The van der Waals surface area contributed by atoms with E-state index in [1.165, 1.54) is 12.1 Å². The number of benzene rings is 1. The number of hydrogen-bond acceptors (Lipinski definition) is 4. The Kier molecular flexibility index (Phi) is 5.34. The van der Waals surface area contributed by atoms with E-state index in [0.717, 1.165) is 6.42 Å². The molecule has 0 aromatic heterocycles. The third-order valence-electron chi connectivity index (χ3n) is 4.70. The highest BCUT2D eigenvalue weighted by molar-refractivity contribution is 5.91. The van der Waals surface area contributed by atoms with Gasteiger partial charge in [-0.15, -0.1) is 0 Å². The molecule has 1 aromatic carbocycles. The van der Waals surface area contributed by atoms with Gasteiger partial charge >= 0.3 is 0 Å². The quantitative estimate of drug-likeness (QED) is 0.762. The molecule has 0 saturated carbocycles. The molecule has 2 amide bonds. The molecular formula is C18H25FN4O2. The molecule has 2 saturated heterocycles. The van der Waals surface area contributed by atoms with Gasteiger partial charge in [0.25, 0.3) is 0 Å². The van der Waals surface area contributed by atoms with Crippen molar-refractivity contribution in [2.75, 3.05) is 13.1 Å². The summed E-state index contributed by atoms with van der Waals surface area (Å²) in [6.45, 7) is 5.11. The molecule has 3 N–H and O–H groups in total. The largest absolute Gasteiger partial charge is 0.352 e. The SMILES string of the molecule is CC(C)CC1CC(C(=O)N2CCNC(=O)C2c2cccc(F)c2)NN1. The summed E-state index contributed by atoms with van der Waals surface area (Å²) in [6, 6.07) is 4.96. The third kappa shape index (κ3) is 3.99. The van der Waals surface area contributed by atoms with Crippen LogP contribution < -0.4 is 16.2 Å². The number of halogens is 1. The average Bonchev–Trinajstić information content (AvgIpc) is 3.01. The molecule has 1 aromatic rings. The number of hydrogen-bond donors (Lipinski definition) is 3. The Hall–Kier alpha value is -1.99. The van der Waals surface area contributed by atoms with Crippen LogP contribution in [0.4, 0.5) is 4.39 Å². The molecule has 0 spiro atoms. The number of carbonyl (C=O) groups is 2. The molecule has 25 heavy (non-hydrogen) atoms. The van der Waals surface area contributed by atoms with Crippen molar-refractivity contribution in [2.45, 2.75) is 44.8 Å². The lowest BCUT2D eigenvalue weighted by Gasteiger charge is -2.36. The van der Waals surface area contributed by atoms with E-state index in [9.17, 15) is 14.0 Å². The lowest BCUT2D eigenvalue weighted by atomic mass is 9.97. The topological polar surface area (TPSA) is 73.5 Å². The van der Waals surface area contributed by atoms with Crippen molar-refractivity contribution >= 4 is 11.8 Å². The minimum Gasteiger partial charge on any atom is -0.352 e. The summed E-state index contributed by atoms with van der Waals surface area (Å²) in [5.74, 6) is -0.271.